The number of cyclic esters (lactones) is 2. The van der Waals surface area contributed by atoms with Gasteiger partial charge in [-0.15, -0.1) is 0 Å². The summed E-state index contributed by atoms with van der Waals surface area (Å²) in [5.41, 5.74) is -0.113. The summed E-state index contributed by atoms with van der Waals surface area (Å²) in [5.74, 6) is -2.89. The van der Waals surface area contributed by atoms with Crippen LogP contribution in [0.4, 0.5) is 0 Å². The Morgan fingerprint density at radius 2 is 2.00 bits per heavy atom. The highest BCUT2D eigenvalue weighted by Gasteiger charge is 2.35. The van der Waals surface area contributed by atoms with Crippen molar-refractivity contribution in [2.24, 2.45) is 0 Å². The molecule has 0 saturated heterocycles. The third-order valence-corrected chi connectivity index (χ3v) is 2.55. The maximum atomic E-state index is 11.5. The van der Waals surface area contributed by atoms with Gasteiger partial charge in [0.15, 0.2) is 0 Å². The molecule has 1 heterocycles. The van der Waals surface area contributed by atoms with Crippen LogP contribution < -0.4 is 4.74 Å². The first-order valence-electron chi connectivity index (χ1n) is 4.87. The summed E-state index contributed by atoms with van der Waals surface area (Å²) in [6.07, 6.45) is 0. The van der Waals surface area contributed by atoms with E-state index in [-0.39, 0.29) is 28.0 Å². The summed E-state index contributed by atoms with van der Waals surface area (Å²) in [4.78, 5) is 33.7. The predicted molar refractivity (Wildman–Crippen MR) is 59.4 cm³/mol. The molecule has 1 aromatic carbocycles. The van der Waals surface area contributed by atoms with E-state index in [0.29, 0.717) is 0 Å². The zero-order valence-corrected chi connectivity index (χ0v) is 9.35. The zero-order valence-electron chi connectivity index (χ0n) is 9.35. The van der Waals surface area contributed by atoms with Crippen LogP contribution in [-0.2, 0) is 9.53 Å². The van der Waals surface area contributed by atoms with Gasteiger partial charge in [0.05, 0.1) is 18.2 Å². The fourth-order valence-corrected chi connectivity index (χ4v) is 1.71. The monoisotopic (exact) mass is 248 g/mol. The minimum absolute atomic E-state index is 0.0178. The zero-order chi connectivity index (χ0) is 13.4. The summed E-state index contributed by atoms with van der Waals surface area (Å²) in [6.45, 7) is 3.39. The second-order valence-electron chi connectivity index (χ2n) is 3.53. The lowest BCUT2D eigenvalue weighted by atomic mass is 9.99. The summed E-state index contributed by atoms with van der Waals surface area (Å²) < 4.78 is 9.44. The molecule has 92 valence electrons. The number of methoxy groups -OCH3 is 1. The van der Waals surface area contributed by atoms with Gasteiger partial charge in [0.25, 0.3) is 0 Å². The van der Waals surface area contributed by atoms with Crippen molar-refractivity contribution in [3.8, 4) is 5.75 Å². The SMILES string of the molecule is C=C(C(=O)O)c1ccc2c(c1OC)C(=O)OC2=O. The van der Waals surface area contributed by atoms with Gasteiger partial charge in [0, 0.05) is 5.56 Å². The number of hydrogen-bond donors (Lipinski definition) is 1. The Hall–Kier alpha value is -2.63. The van der Waals surface area contributed by atoms with E-state index in [2.05, 4.69) is 11.3 Å². The molecular weight excluding hydrogens is 240 g/mol. The van der Waals surface area contributed by atoms with Crippen molar-refractivity contribution in [3.63, 3.8) is 0 Å². The van der Waals surface area contributed by atoms with Crippen LogP contribution >= 0.6 is 0 Å². The quantitative estimate of drug-likeness (QED) is 0.489. The molecule has 0 radical (unpaired) electrons. The molecule has 1 aromatic rings. The second kappa shape index (κ2) is 3.99. The maximum absolute atomic E-state index is 11.5. The smallest absolute Gasteiger partial charge is 0.350 e. The molecule has 0 spiro atoms. The van der Waals surface area contributed by atoms with Crippen molar-refractivity contribution in [2.45, 2.75) is 0 Å². The topological polar surface area (TPSA) is 89.9 Å². The minimum atomic E-state index is -1.24. The molecule has 0 amide bonds. The van der Waals surface area contributed by atoms with Gasteiger partial charge in [-0.2, -0.15) is 0 Å². The molecule has 0 unspecified atom stereocenters. The van der Waals surface area contributed by atoms with Crippen molar-refractivity contribution in [2.75, 3.05) is 7.11 Å². The lowest BCUT2D eigenvalue weighted by molar-refractivity contribution is -0.130. The van der Waals surface area contributed by atoms with Crippen molar-refractivity contribution < 1.29 is 29.0 Å². The number of fused-ring (bicyclic) bond motifs is 1. The van der Waals surface area contributed by atoms with Crippen molar-refractivity contribution >= 4 is 23.5 Å². The first-order valence-corrected chi connectivity index (χ1v) is 4.87. The highest BCUT2D eigenvalue weighted by Crippen LogP contribution is 2.35. The Balaban J connectivity index is 2.70. The van der Waals surface area contributed by atoms with Gasteiger partial charge in [0.2, 0.25) is 0 Å². The molecule has 0 aliphatic carbocycles. The Morgan fingerprint density at radius 3 is 2.56 bits per heavy atom. The fourth-order valence-electron chi connectivity index (χ4n) is 1.71. The van der Waals surface area contributed by atoms with E-state index in [4.69, 9.17) is 9.84 Å². The van der Waals surface area contributed by atoms with Gasteiger partial charge in [0.1, 0.15) is 11.3 Å². The van der Waals surface area contributed by atoms with Crippen LogP contribution in [0, 0.1) is 0 Å². The molecule has 0 aromatic heterocycles. The summed E-state index contributed by atoms with van der Waals surface area (Å²) >= 11 is 0. The number of carboxylic acid groups (broad SMARTS) is 1. The van der Waals surface area contributed by atoms with Gasteiger partial charge in [-0.1, -0.05) is 6.58 Å². The first-order chi connectivity index (χ1) is 8.47. The van der Waals surface area contributed by atoms with Gasteiger partial charge < -0.3 is 14.6 Å². The number of benzene rings is 1. The Labute approximate surface area is 101 Å². The normalized spacial score (nSPS) is 12.9. The van der Waals surface area contributed by atoms with Crippen LogP contribution in [-0.4, -0.2) is 30.1 Å². The van der Waals surface area contributed by atoms with E-state index in [0.717, 1.165) is 0 Å². The number of aliphatic carboxylic acids is 1. The van der Waals surface area contributed by atoms with Crippen LogP contribution in [0.15, 0.2) is 18.7 Å². The molecule has 1 aliphatic rings. The third kappa shape index (κ3) is 1.55. The van der Waals surface area contributed by atoms with Gasteiger partial charge in [-0.05, 0) is 12.1 Å². The lowest BCUT2D eigenvalue weighted by Gasteiger charge is -2.10. The van der Waals surface area contributed by atoms with Gasteiger partial charge >= 0.3 is 17.9 Å². The molecule has 6 heteroatoms. The van der Waals surface area contributed by atoms with Crippen LogP contribution in [0.5, 0.6) is 5.75 Å². The number of carboxylic acids is 1. The summed E-state index contributed by atoms with van der Waals surface area (Å²) in [5, 5.41) is 8.88. The molecule has 0 saturated carbocycles. The summed E-state index contributed by atoms with van der Waals surface area (Å²) in [6, 6.07) is 2.67. The standard InChI is InChI=1S/C12H8O6/c1-5(10(13)14)6-3-4-7-8(9(6)17-2)12(16)18-11(7)15/h3-4H,1H2,2H3,(H,13,14). The number of hydrogen-bond acceptors (Lipinski definition) is 5. The molecule has 2 rings (SSSR count). The van der Waals surface area contributed by atoms with Gasteiger partial charge in [-0.3, -0.25) is 0 Å². The molecule has 1 aliphatic heterocycles. The summed E-state index contributed by atoms with van der Waals surface area (Å²) in [7, 11) is 1.27. The molecule has 0 fully saturated rings. The number of rotatable bonds is 3. The Bertz CT molecular complexity index is 599. The maximum Gasteiger partial charge on any atom is 0.350 e. The predicted octanol–water partition coefficient (Wildman–Crippen LogP) is 1.10. The highest BCUT2D eigenvalue weighted by molar-refractivity contribution is 6.20. The molecule has 0 atom stereocenters. The largest absolute Gasteiger partial charge is 0.495 e. The number of esters is 2. The van der Waals surface area contributed by atoms with E-state index < -0.39 is 17.9 Å². The van der Waals surface area contributed by atoms with Crippen LogP contribution in [0.2, 0.25) is 0 Å². The highest BCUT2D eigenvalue weighted by atomic mass is 16.6. The Morgan fingerprint density at radius 1 is 1.33 bits per heavy atom. The van der Waals surface area contributed by atoms with E-state index in [9.17, 15) is 14.4 Å². The molecular formula is C12H8O6. The second-order valence-corrected chi connectivity index (χ2v) is 3.53. The van der Waals surface area contributed by atoms with Crippen LogP contribution in [0.1, 0.15) is 26.3 Å². The molecule has 6 nitrogen and oxygen atoms in total. The van der Waals surface area contributed by atoms with Crippen LogP contribution in [0.25, 0.3) is 5.57 Å². The fraction of sp³-hybridized carbons (Fsp3) is 0.0833. The van der Waals surface area contributed by atoms with Crippen molar-refractivity contribution in [3.05, 3.63) is 35.4 Å². The van der Waals surface area contributed by atoms with Crippen LogP contribution in [0.3, 0.4) is 0 Å². The number of carbonyl (C=O) groups excluding carboxylic acids is 2. The van der Waals surface area contributed by atoms with E-state index in [1.54, 1.807) is 0 Å². The average Bonchev–Trinajstić information content (AvgIpc) is 2.63. The van der Waals surface area contributed by atoms with E-state index in [1.165, 1.54) is 19.2 Å². The molecule has 18 heavy (non-hydrogen) atoms. The van der Waals surface area contributed by atoms with E-state index in [1.807, 2.05) is 0 Å². The third-order valence-electron chi connectivity index (χ3n) is 2.55. The Kier molecular flexibility index (Phi) is 2.63. The lowest BCUT2D eigenvalue weighted by Crippen LogP contribution is -2.05. The first kappa shape index (κ1) is 11.8. The average molecular weight is 248 g/mol. The molecule has 0 bridgehead atoms. The number of ether oxygens (including phenoxy) is 2. The van der Waals surface area contributed by atoms with E-state index >= 15 is 0 Å². The minimum Gasteiger partial charge on any atom is -0.495 e. The molecule has 1 N–H and O–H groups in total. The van der Waals surface area contributed by atoms with Crippen molar-refractivity contribution in [1.82, 2.24) is 0 Å². The number of carbonyl (C=O) groups is 3. The van der Waals surface area contributed by atoms with Gasteiger partial charge in [-0.25, -0.2) is 14.4 Å². The van der Waals surface area contributed by atoms with Crippen molar-refractivity contribution in [1.29, 1.82) is 0 Å².